The zero-order valence-corrected chi connectivity index (χ0v) is 19.0. The van der Waals surface area contributed by atoms with Crippen molar-refractivity contribution in [2.24, 2.45) is 10.2 Å². The first-order valence-electron chi connectivity index (χ1n) is 9.99. The third kappa shape index (κ3) is 7.98. The van der Waals surface area contributed by atoms with Gasteiger partial charge in [-0.1, -0.05) is 19.9 Å². The molecule has 4 N–H and O–H groups in total. The molecule has 3 rings (SSSR count). The summed E-state index contributed by atoms with van der Waals surface area (Å²) in [5.41, 5.74) is 0.295. The normalized spacial score (nSPS) is 11.0. The van der Waals surface area contributed by atoms with E-state index >= 15 is 0 Å². The van der Waals surface area contributed by atoms with Gasteiger partial charge in [0.1, 0.15) is 17.1 Å². The van der Waals surface area contributed by atoms with Crippen LogP contribution in [0.2, 0.25) is 0 Å². The van der Waals surface area contributed by atoms with E-state index in [2.05, 4.69) is 39.1 Å². The molecule has 0 bridgehead atoms. The van der Waals surface area contributed by atoms with Crippen molar-refractivity contribution in [2.45, 2.75) is 18.7 Å². The fourth-order valence-corrected chi connectivity index (χ4v) is 3.44. The zero-order chi connectivity index (χ0) is 24.3. The van der Waals surface area contributed by atoms with Crippen LogP contribution in [0.25, 0.3) is 0 Å². The number of carboxylic acids is 1. The van der Waals surface area contributed by atoms with Crippen molar-refractivity contribution < 1.29 is 23.4 Å². The number of nitrogens with one attached hydrogen (secondary N) is 2. The molecule has 0 saturated heterocycles. The summed E-state index contributed by atoms with van der Waals surface area (Å²) in [6, 6.07) is 14.3. The molecule has 0 fully saturated rings. The van der Waals surface area contributed by atoms with Gasteiger partial charge in [-0.2, -0.15) is 10.2 Å². The molecule has 1 heterocycles. The van der Waals surface area contributed by atoms with Crippen LogP contribution in [0.3, 0.4) is 0 Å². The Labute approximate surface area is 192 Å². The molecule has 1 aromatic heterocycles. The molecule has 0 aliphatic heterocycles. The fraction of sp³-hybridized carbons (Fsp3) is 0.182. The van der Waals surface area contributed by atoms with Gasteiger partial charge in [-0.15, -0.1) is 0 Å². The molecule has 0 aliphatic rings. The van der Waals surface area contributed by atoms with Crippen LogP contribution in [0.4, 0.5) is 17.2 Å². The van der Waals surface area contributed by atoms with E-state index in [4.69, 9.17) is 5.11 Å². The number of pyridine rings is 1. The van der Waals surface area contributed by atoms with Crippen LogP contribution >= 0.6 is 0 Å². The lowest BCUT2D eigenvalue weighted by Gasteiger charge is -2.07. The number of hydrogen-bond donors (Lipinski definition) is 4. The second kappa shape index (κ2) is 12.3. The topological polar surface area (TPSA) is 153 Å². The number of rotatable bonds is 8. The standard InChI is InChI=1S/C18H14N4O5S.C4H11N/c23-16-9-6-13(11-15(16)18(24)25)21-20-12-4-7-14(8-5-12)28(26,27)22-17-3-1-2-10-19-17;1-3-5-4-2/h1-11,23H,(H,19,22)(H,24,25);5H,3-4H2,1-2H3. The number of aromatic carboxylic acids is 1. The molecule has 10 nitrogen and oxygen atoms in total. The summed E-state index contributed by atoms with van der Waals surface area (Å²) < 4.78 is 27.0. The molecule has 3 aromatic rings. The van der Waals surface area contributed by atoms with E-state index in [1.54, 1.807) is 12.1 Å². The van der Waals surface area contributed by atoms with E-state index in [1.165, 1.54) is 54.7 Å². The van der Waals surface area contributed by atoms with Gasteiger partial charge >= 0.3 is 5.97 Å². The van der Waals surface area contributed by atoms with Crippen LogP contribution in [-0.2, 0) is 10.0 Å². The van der Waals surface area contributed by atoms with Crippen LogP contribution in [0.5, 0.6) is 5.75 Å². The summed E-state index contributed by atoms with van der Waals surface area (Å²) in [6.07, 6.45) is 1.47. The number of azo groups is 1. The number of carbonyl (C=O) groups is 1. The number of benzene rings is 2. The third-order valence-corrected chi connectivity index (χ3v) is 5.41. The van der Waals surface area contributed by atoms with Gasteiger partial charge in [0.2, 0.25) is 0 Å². The number of phenols is 1. The highest BCUT2D eigenvalue weighted by atomic mass is 32.2. The maximum atomic E-state index is 12.3. The summed E-state index contributed by atoms with van der Waals surface area (Å²) in [7, 11) is -3.79. The van der Waals surface area contributed by atoms with Crippen LogP contribution in [0.15, 0.2) is 82.0 Å². The van der Waals surface area contributed by atoms with Crippen molar-refractivity contribution in [1.29, 1.82) is 0 Å². The van der Waals surface area contributed by atoms with Gasteiger partial charge in [0, 0.05) is 6.20 Å². The minimum atomic E-state index is -3.79. The Morgan fingerprint density at radius 3 is 2.15 bits per heavy atom. The molecular weight excluding hydrogens is 446 g/mol. The van der Waals surface area contributed by atoms with E-state index in [0.717, 1.165) is 13.1 Å². The summed E-state index contributed by atoms with van der Waals surface area (Å²) in [4.78, 5) is 14.9. The molecule has 11 heteroatoms. The van der Waals surface area contributed by atoms with Crippen molar-refractivity contribution in [1.82, 2.24) is 10.3 Å². The first-order chi connectivity index (χ1) is 15.8. The average Bonchev–Trinajstić information content (AvgIpc) is 2.80. The van der Waals surface area contributed by atoms with Crippen molar-refractivity contribution >= 4 is 33.2 Å². The van der Waals surface area contributed by atoms with Crippen LogP contribution in [0.1, 0.15) is 24.2 Å². The third-order valence-electron chi connectivity index (χ3n) is 4.04. The number of anilines is 1. The van der Waals surface area contributed by atoms with Gasteiger partial charge in [-0.3, -0.25) is 4.72 Å². The molecule has 0 amide bonds. The highest BCUT2D eigenvalue weighted by Crippen LogP contribution is 2.25. The van der Waals surface area contributed by atoms with Crippen LogP contribution in [-0.4, -0.2) is 42.7 Å². The molecule has 0 unspecified atom stereocenters. The molecule has 174 valence electrons. The highest BCUT2D eigenvalue weighted by Gasteiger charge is 2.14. The van der Waals surface area contributed by atoms with Crippen molar-refractivity contribution in [3.8, 4) is 5.75 Å². The predicted octanol–water partition coefficient (Wildman–Crippen LogP) is 4.32. The number of nitrogens with zero attached hydrogens (tertiary/aromatic N) is 3. The SMILES string of the molecule is CCNCC.O=C(O)c1cc(N=Nc2ccc(S(=O)(=O)Nc3ccccn3)cc2)ccc1O. The lowest BCUT2D eigenvalue weighted by atomic mass is 10.2. The molecule has 0 spiro atoms. The second-order valence-electron chi connectivity index (χ2n) is 6.48. The Kier molecular flexibility index (Phi) is 9.45. The molecule has 2 aromatic carbocycles. The molecule has 0 radical (unpaired) electrons. The lowest BCUT2D eigenvalue weighted by molar-refractivity contribution is 0.0693. The first kappa shape index (κ1) is 25.4. The fourth-order valence-electron chi connectivity index (χ4n) is 2.43. The molecule has 0 atom stereocenters. The van der Waals surface area contributed by atoms with Crippen LogP contribution in [0, 0.1) is 0 Å². The zero-order valence-electron chi connectivity index (χ0n) is 18.1. The lowest BCUT2D eigenvalue weighted by Crippen LogP contribution is -2.13. The number of carboxylic acid groups (broad SMARTS) is 1. The molecule has 0 aliphatic carbocycles. The minimum absolute atomic E-state index is 0.0231. The van der Waals surface area contributed by atoms with E-state index in [1.807, 2.05) is 0 Å². The summed E-state index contributed by atoms with van der Waals surface area (Å²) in [5.74, 6) is -1.46. The van der Waals surface area contributed by atoms with Gasteiger partial charge < -0.3 is 15.5 Å². The highest BCUT2D eigenvalue weighted by molar-refractivity contribution is 7.92. The van der Waals surface area contributed by atoms with E-state index in [-0.39, 0.29) is 27.7 Å². The Bertz CT molecular complexity index is 1180. The van der Waals surface area contributed by atoms with Crippen molar-refractivity contribution in [3.05, 3.63) is 72.4 Å². The molecule has 33 heavy (non-hydrogen) atoms. The van der Waals surface area contributed by atoms with E-state index in [0.29, 0.717) is 5.69 Å². The number of sulfonamides is 1. The van der Waals surface area contributed by atoms with Gasteiger partial charge in [0.05, 0.1) is 16.3 Å². The maximum absolute atomic E-state index is 12.3. The summed E-state index contributed by atoms with van der Waals surface area (Å²) >= 11 is 0. The van der Waals surface area contributed by atoms with Crippen molar-refractivity contribution in [3.63, 3.8) is 0 Å². The number of hydrogen-bond acceptors (Lipinski definition) is 8. The molecule has 0 saturated carbocycles. The van der Waals surface area contributed by atoms with Crippen LogP contribution < -0.4 is 10.0 Å². The van der Waals surface area contributed by atoms with Crippen molar-refractivity contribution in [2.75, 3.05) is 17.8 Å². The molecular formula is C22H25N5O5S. The van der Waals surface area contributed by atoms with Gasteiger partial charge in [-0.25, -0.2) is 18.2 Å². The first-order valence-corrected chi connectivity index (χ1v) is 11.5. The Hall–Kier alpha value is -3.83. The van der Waals surface area contributed by atoms with Gasteiger partial charge in [0.25, 0.3) is 10.0 Å². The average molecular weight is 472 g/mol. The summed E-state index contributed by atoms with van der Waals surface area (Å²) in [5, 5.41) is 29.4. The largest absolute Gasteiger partial charge is 0.507 e. The maximum Gasteiger partial charge on any atom is 0.339 e. The Morgan fingerprint density at radius 2 is 1.61 bits per heavy atom. The summed E-state index contributed by atoms with van der Waals surface area (Å²) in [6.45, 7) is 6.39. The van der Waals surface area contributed by atoms with E-state index < -0.39 is 16.0 Å². The Morgan fingerprint density at radius 1 is 0.970 bits per heavy atom. The number of aromatic hydroxyl groups is 1. The quantitative estimate of drug-likeness (QED) is 0.357. The second-order valence-corrected chi connectivity index (χ2v) is 8.16. The van der Waals surface area contributed by atoms with Gasteiger partial charge in [0.15, 0.2) is 0 Å². The number of aromatic nitrogens is 1. The minimum Gasteiger partial charge on any atom is -0.507 e. The van der Waals surface area contributed by atoms with E-state index in [9.17, 15) is 18.3 Å². The smallest absolute Gasteiger partial charge is 0.339 e. The Balaban J connectivity index is 0.000000696. The predicted molar refractivity (Wildman–Crippen MR) is 125 cm³/mol. The van der Waals surface area contributed by atoms with Gasteiger partial charge in [-0.05, 0) is 67.7 Å². The monoisotopic (exact) mass is 471 g/mol.